The fraction of sp³-hybridized carbons (Fsp3) is 0.364. The zero-order chi connectivity index (χ0) is 14.0. The van der Waals surface area contributed by atoms with Gasteiger partial charge in [0.2, 0.25) is 0 Å². The lowest BCUT2D eigenvalue weighted by molar-refractivity contribution is -0.385. The van der Waals surface area contributed by atoms with Crippen LogP contribution in [0.2, 0.25) is 0 Å². The Morgan fingerprint density at radius 3 is 2.47 bits per heavy atom. The molecule has 1 aromatic rings. The lowest BCUT2D eigenvalue weighted by atomic mass is 10.0. The van der Waals surface area contributed by atoms with Crippen molar-refractivity contribution in [3.05, 3.63) is 27.8 Å². The van der Waals surface area contributed by atoms with Crippen LogP contribution in [0.1, 0.15) is 11.6 Å². The van der Waals surface area contributed by atoms with Gasteiger partial charge in [0.1, 0.15) is 6.61 Å². The number of carbonyl (C=O) groups is 1. The molecule has 1 fully saturated rings. The van der Waals surface area contributed by atoms with Crippen molar-refractivity contribution in [2.45, 2.75) is 6.04 Å². The van der Waals surface area contributed by atoms with E-state index in [9.17, 15) is 14.9 Å². The maximum atomic E-state index is 11.1. The van der Waals surface area contributed by atoms with Crippen LogP contribution in [-0.2, 0) is 4.74 Å². The van der Waals surface area contributed by atoms with Crippen LogP contribution in [0, 0.1) is 10.1 Å². The van der Waals surface area contributed by atoms with Gasteiger partial charge in [-0.2, -0.15) is 0 Å². The summed E-state index contributed by atoms with van der Waals surface area (Å²) in [5.41, 5.74) is 0.155. The zero-order valence-electron chi connectivity index (χ0n) is 10.3. The summed E-state index contributed by atoms with van der Waals surface area (Å²) in [7, 11) is 2.82. The fourth-order valence-electron chi connectivity index (χ4n) is 1.87. The average Bonchev–Trinajstić information content (AvgIpc) is 2.83. The highest BCUT2D eigenvalue weighted by atomic mass is 16.6. The molecule has 1 heterocycles. The number of methoxy groups -OCH3 is 2. The number of amides is 1. The Kier molecular flexibility index (Phi) is 3.41. The summed E-state index contributed by atoms with van der Waals surface area (Å²) in [5.74, 6) is 0.604. The third-order valence-corrected chi connectivity index (χ3v) is 2.78. The van der Waals surface area contributed by atoms with Crippen molar-refractivity contribution >= 4 is 11.8 Å². The fourth-order valence-corrected chi connectivity index (χ4v) is 1.87. The summed E-state index contributed by atoms with van der Waals surface area (Å²) in [5, 5.41) is 13.6. The molecule has 1 aromatic carbocycles. The average molecular weight is 268 g/mol. The molecule has 0 radical (unpaired) electrons. The number of benzene rings is 1. The van der Waals surface area contributed by atoms with E-state index < -0.39 is 17.1 Å². The Hall–Kier alpha value is -2.51. The molecule has 0 saturated carbocycles. The first-order valence-corrected chi connectivity index (χ1v) is 5.40. The van der Waals surface area contributed by atoms with Crippen molar-refractivity contribution in [2.24, 2.45) is 0 Å². The zero-order valence-corrected chi connectivity index (χ0v) is 10.3. The SMILES string of the molecule is COc1cc([C@@H]2COC(=O)N2)c([N+](=O)[O-])cc1OC. The standard InChI is InChI=1S/C11H12N2O6/c1-17-9-3-6(7-5-19-11(14)12-7)8(13(15)16)4-10(9)18-2/h3-4,7H,5H2,1-2H3,(H,12,14)/t7-/m0/s1. The van der Waals surface area contributed by atoms with Crippen LogP contribution >= 0.6 is 0 Å². The molecule has 1 atom stereocenters. The maximum Gasteiger partial charge on any atom is 0.407 e. The Morgan fingerprint density at radius 2 is 2.00 bits per heavy atom. The minimum Gasteiger partial charge on any atom is -0.493 e. The first-order chi connectivity index (χ1) is 9.06. The lowest BCUT2D eigenvalue weighted by Gasteiger charge is -2.13. The second-order valence-corrected chi connectivity index (χ2v) is 3.82. The quantitative estimate of drug-likeness (QED) is 0.654. The number of nitro groups is 1. The van der Waals surface area contributed by atoms with Crippen LogP contribution in [0.5, 0.6) is 11.5 Å². The number of nitrogens with zero attached hydrogens (tertiary/aromatic N) is 1. The van der Waals surface area contributed by atoms with E-state index in [2.05, 4.69) is 5.32 Å². The highest BCUT2D eigenvalue weighted by Gasteiger charge is 2.31. The number of nitrogens with one attached hydrogen (secondary N) is 1. The van der Waals surface area contributed by atoms with Crippen LogP contribution in [0.3, 0.4) is 0 Å². The molecule has 1 saturated heterocycles. The van der Waals surface area contributed by atoms with Crippen LogP contribution in [0.4, 0.5) is 10.5 Å². The summed E-state index contributed by atoms with van der Waals surface area (Å²) >= 11 is 0. The number of alkyl carbamates (subject to hydrolysis) is 1. The molecule has 102 valence electrons. The summed E-state index contributed by atoms with van der Waals surface area (Å²) < 4.78 is 14.9. The van der Waals surface area contributed by atoms with Crippen molar-refractivity contribution < 1.29 is 23.9 Å². The third kappa shape index (κ3) is 2.37. The monoisotopic (exact) mass is 268 g/mol. The van der Waals surface area contributed by atoms with Crippen molar-refractivity contribution in [1.82, 2.24) is 5.32 Å². The second kappa shape index (κ2) is 5.01. The molecule has 19 heavy (non-hydrogen) atoms. The number of cyclic esters (lactones) is 1. The number of nitro benzene ring substituents is 1. The molecule has 1 aliphatic heterocycles. The van der Waals surface area contributed by atoms with Crippen LogP contribution in [-0.4, -0.2) is 31.8 Å². The minimum absolute atomic E-state index is 0.0369. The van der Waals surface area contributed by atoms with Crippen LogP contribution in [0.25, 0.3) is 0 Å². The van der Waals surface area contributed by atoms with E-state index in [0.717, 1.165) is 0 Å². The highest BCUT2D eigenvalue weighted by molar-refractivity contribution is 5.71. The Morgan fingerprint density at radius 1 is 1.37 bits per heavy atom. The summed E-state index contributed by atoms with van der Waals surface area (Å²) in [6.45, 7) is 0.0369. The molecular formula is C11H12N2O6. The van der Waals surface area contributed by atoms with Gasteiger partial charge in [-0.25, -0.2) is 4.79 Å². The van der Waals surface area contributed by atoms with E-state index in [1.807, 2.05) is 0 Å². The van der Waals surface area contributed by atoms with Gasteiger partial charge in [-0.15, -0.1) is 0 Å². The minimum atomic E-state index is -0.603. The Labute approximate surface area is 108 Å². The predicted molar refractivity (Wildman–Crippen MR) is 63.4 cm³/mol. The van der Waals surface area contributed by atoms with E-state index >= 15 is 0 Å². The normalized spacial score (nSPS) is 17.6. The van der Waals surface area contributed by atoms with Crippen molar-refractivity contribution in [2.75, 3.05) is 20.8 Å². The largest absolute Gasteiger partial charge is 0.493 e. The maximum absolute atomic E-state index is 11.1. The van der Waals surface area contributed by atoms with Crippen molar-refractivity contribution in [1.29, 1.82) is 0 Å². The van der Waals surface area contributed by atoms with Gasteiger partial charge in [0.15, 0.2) is 11.5 Å². The van der Waals surface area contributed by atoms with Gasteiger partial charge in [-0.05, 0) is 6.07 Å². The lowest BCUT2D eigenvalue weighted by Crippen LogP contribution is -2.19. The molecule has 0 aliphatic carbocycles. The van der Waals surface area contributed by atoms with E-state index in [-0.39, 0.29) is 18.0 Å². The molecule has 0 aromatic heterocycles. The summed E-state index contributed by atoms with van der Waals surface area (Å²) in [4.78, 5) is 21.6. The number of hydrogen-bond donors (Lipinski definition) is 1. The molecule has 1 amide bonds. The smallest absolute Gasteiger partial charge is 0.407 e. The van der Waals surface area contributed by atoms with Crippen LogP contribution < -0.4 is 14.8 Å². The molecule has 2 rings (SSSR count). The molecule has 0 bridgehead atoms. The van der Waals surface area contributed by atoms with Gasteiger partial charge in [0, 0.05) is 0 Å². The highest BCUT2D eigenvalue weighted by Crippen LogP contribution is 2.38. The van der Waals surface area contributed by atoms with E-state index in [1.165, 1.54) is 26.4 Å². The Bertz CT molecular complexity index is 530. The molecule has 8 heteroatoms. The number of hydrogen-bond acceptors (Lipinski definition) is 6. The molecular weight excluding hydrogens is 256 g/mol. The molecule has 1 aliphatic rings. The predicted octanol–water partition coefficient (Wildman–Crippen LogP) is 1.39. The van der Waals surface area contributed by atoms with E-state index in [1.54, 1.807) is 0 Å². The number of rotatable bonds is 4. The van der Waals surface area contributed by atoms with Crippen molar-refractivity contribution in [3.63, 3.8) is 0 Å². The summed E-state index contributed by atoms with van der Waals surface area (Å²) in [6, 6.07) is 2.16. The topological polar surface area (TPSA) is 99.9 Å². The van der Waals surface area contributed by atoms with Crippen molar-refractivity contribution in [3.8, 4) is 11.5 Å². The van der Waals surface area contributed by atoms with E-state index in [0.29, 0.717) is 11.3 Å². The molecule has 8 nitrogen and oxygen atoms in total. The first-order valence-electron chi connectivity index (χ1n) is 5.40. The number of ether oxygens (including phenoxy) is 3. The number of carbonyl (C=O) groups excluding carboxylic acids is 1. The molecule has 1 N–H and O–H groups in total. The van der Waals surface area contributed by atoms with Crippen LogP contribution in [0.15, 0.2) is 12.1 Å². The first kappa shape index (κ1) is 12.9. The van der Waals surface area contributed by atoms with Gasteiger partial charge < -0.3 is 19.5 Å². The van der Waals surface area contributed by atoms with E-state index in [4.69, 9.17) is 14.2 Å². The summed E-state index contributed by atoms with van der Waals surface area (Å²) in [6.07, 6.45) is -0.603. The van der Waals surface area contributed by atoms with Gasteiger partial charge in [-0.3, -0.25) is 10.1 Å². The third-order valence-electron chi connectivity index (χ3n) is 2.78. The molecule has 0 spiro atoms. The second-order valence-electron chi connectivity index (χ2n) is 3.82. The van der Waals surface area contributed by atoms with Gasteiger partial charge >= 0.3 is 6.09 Å². The van der Waals surface area contributed by atoms with Gasteiger partial charge in [-0.1, -0.05) is 0 Å². The van der Waals surface area contributed by atoms with Gasteiger partial charge in [0.25, 0.3) is 5.69 Å². The van der Waals surface area contributed by atoms with Gasteiger partial charge in [0.05, 0.1) is 36.8 Å². The molecule has 0 unspecified atom stereocenters. The Balaban J connectivity index is 2.50.